The molecule has 0 atom stereocenters. The van der Waals surface area contributed by atoms with Gasteiger partial charge >= 0.3 is 0 Å². The van der Waals surface area contributed by atoms with Gasteiger partial charge in [0.15, 0.2) is 12.6 Å². The third kappa shape index (κ3) is 30.0. The molecular weight excluding hydrogens is 136 g/mol. The van der Waals surface area contributed by atoms with Gasteiger partial charge in [-0.25, -0.2) is 0 Å². The van der Waals surface area contributed by atoms with Crippen molar-refractivity contribution in [3.63, 3.8) is 0 Å². The minimum Gasteiger partial charge on any atom is -0.303 e. The van der Waals surface area contributed by atoms with Crippen LogP contribution >= 0.6 is 0 Å². The average molecular weight is 144 g/mol. The Morgan fingerprint density at radius 1 is 0.700 bits per heavy atom. The topological polar surface area (TPSA) is 68.3 Å². The molecule has 0 heterocycles. The summed E-state index contributed by atoms with van der Waals surface area (Å²) in [5, 5.41) is 0. The van der Waals surface area contributed by atoms with Gasteiger partial charge in [-0.05, 0) is 0 Å². The van der Waals surface area contributed by atoms with Crippen LogP contribution in [-0.4, -0.2) is 25.1 Å². The van der Waals surface area contributed by atoms with E-state index in [0.717, 1.165) is 12.6 Å². The lowest BCUT2D eigenvalue weighted by molar-refractivity contribution is -0.122. The summed E-state index contributed by atoms with van der Waals surface area (Å²) in [7, 11) is 0. The first-order chi connectivity index (χ1) is 4.83. The molecule has 56 valence electrons. The molecule has 0 fully saturated rings. The van der Waals surface area contributed by atoms with Gasteiger partial charge in [-0.2, -0.15) is 0 Å². The summed E-state index contributed by atoms with van der Waals surface area (Å²) in [4.78, 5) is 36.4. The maximum absolute atomic E-state index is 9.40. The molecule has 4 nitrogen and oxygen atoms in total. The quantitative estimate of drug-likeness (QED) is 0.304. The normalized spacial score (nSPS) is 6.40. The Morgan fingerprint density at radius 3 is 1.10 bits per heavy atom. The fourth-order valence-corrected chi connectivity index (χ4v) is 0.136. The second kappa shape index (κ2) is 15.6. The average Bonchev–Trinajstić information content (AvgIpc) is 2.01. The van der Waals surface area contributed by atoms with E-state index in [9.17, 15) is 9.59 Å². The van der Waals surface area contributed by atoms with Gasteiger partial charge in [0.25, 0.3) is 0 Å². The Morgan fingerprint density at radius 2 is 1.00 bits per heavy atom. The number of hydrogen-bond acceptors (Lipinski definition) is 4. The second-order valence-corrected chi connectivity index (χ2v) is 1.18. The van der Waals surface area contributed by atoms with Crippen LogP contribution in [0.25, 0.3) is 0 Å². The van der Waals surface area contributed by atoms with Gasteiger partial charge in [-0.3, -0.25) is 9.59 Å². The highest BCUT2D eigenvalue weighted by atomic mass is 16.2. The molecule has 0 amide bonds. The molecule has 0 aliphatic heterocycles. The Kier molecular flexibility index (Phi) is 18.0. The maximum Gasteiger partial charge on any atom is 0.182 e. The molecule has 4 heteroatoms. The fraction of sp³-hybridized carbons (Fsp3) is 0.333. The smallest absolute Gasteiger partial charge is 0.182 e. The molecule has 0 N–H and O–H groups in total. The first kappa shape index (κ1) is 11.5. The molecular formula is C6H8O4. The number of carbonyl (C=O) groups is 4. The summed E-state index contributed by atoms with van der Waals surface area (Å²) >= 11 is 0. The number of carbonyl (C=O) groups excluding carboxylic acids is 4. The van der Waals surface area contributed by atoms with Crippen LogP contribution in [0.2, 0.25) is 0 Å². The second-order valence-electron chi connectivity index (χ2n) is 1.18. The largest absolute Gasteiger partial charge is 0.303 e. The van der Waals surface area contributed by atoms with Crippen molar-refractivity contribution in [2.45, 2.75) is 12.8 Å². The van der Waals surface area contributed by atoms with Gasteiger partial charge in [0.2, 0.25) is 0 Å². The standard InChI is InChI=1S/C4H6O2.C2H2O2/c5-3-1-2-4-6;3-1-2-4/h3-4H,1-2H2;1-2H. The van der Waals surface area contributed by atoms with Crippen LogP contribution in [0.4, 0.5) is 0 Å². The van der Waals surface area contributed by atoms with Crippen LogP contribution in [0.15, 0.2) is 0 Å². The fourth-order valence-electron chi connectivity index (χ4n) is 0.136. The summed E-state index contributed by atoms with van der Waals surface area (Å²) < 4.78 is 0. The van der Waals surface area contributed by atoms with Gasteiger partial charge in [-0.1, -0.05) is 0 Å². The van der Waals surface area contributed by atoms with Crippen molar-refractivity contribution >= 4 is 25.1 Å². The van der Waals surface area contributed by atoms with Crippen LogP contribution in [0.3, 0.4) is 0 Å². The summed E-state index contributed by atoms with van der Waals surface area (Å²) in [5.74, 6) is 0. The van der Waals surface area contributed by atoms with Gasteiger partial charge in [0.1, 0.15) is 12.6 Å². The molecule has 0 bridgehead atoms. The Balaban J connectivity index is 0. The van der Waals surface area contributed by atoms with Crippen molar-refractivity contribution in [3.8, 4) is 0 Å². The van der Waals surface area contributed by atoms with E-state index in [1.165, 1.54) is 0 Å². The van der Waals surface area contributed by atoms with E-state index in [-0.39, 0.29) is 12.6 Å². The number of aldehydes is 4. The molecule has 0 aromatic heterocycles. The Hall–Kier alpha value is -1.32. The SMILES string of the molecule is O=CC=O.O=CCCC=O. The van der Waals surface area contributed by atoms with Gasteiger partial charge in [0.05, 0.1) is 0 Å². The highest BCUT2D eigenvalue weighted by Crippen LogP contribution is 1.72. The lowest BCUT2D eigenvalue weighted by atomic mass is 10.4. The first-order valence-corrected chi connectivity index (χ1v) is 2.59. The lowest BCUT2D eigenvalue weighted by Crippen LogP contribution is -1.73. The Bertz CT molecular complexity index is 94.3. The highest BCUT2D eigenvalue weighted by Gasteiger charge is 1.74. The third-order valence-corrected chi connectivity index (χ3v) is 0.458. The zero-order valence-electron chi connectivity index (χ0n) is 5.36. The van der Waals surface area contributed by atoms with Crippen molar-refractivity contribution in [2.75, 3.05) is 0 Å². The van der Waals surface area contributed by atoms with Crippen LogP contribution in [0.5, 0.6) is 0 Å². The molecule has 0 aliphatic rings. The number of rotatable bonds is 4. The molecule has 10 heavy (non-hydrogen) atoms. The highest BCUT2D eigenvalue weighted by molar-refractivity contribution is 6.09. The van der Waals surface area contributed by atoms with Crippen molar-refractivity contribution in [1.82, 2.24) is 0 Å². The molecule has 0 aliphatic carbocycles. The van der Waals surface area contributed by atoms with Crippen molar-refractivity contribution in [2.24, 2.45) is 0 Å². The molecule has 0 unspecified atom stereocenters. The lowest BCUT2D eigenvalue weighted by Gasteiger charge is -1.68. The molecule has 0 rings (SSSR count). The molecule has 0 saturated carbocycles. The van der Waals surface area contributed by atoms with Crippen LogP contribution in [0, 0.1) is 0 Å². The third-order valence-electron chi connectivity index (χ3n) is 0.458. The number of unbranched alkanes of at least 4 members (excludes halogenated alkanes) is 1. The van der Waals surface area contributed by atoms with Gasteiger partial charge < -0.3 is 9.59 Å². The van der Waals surface area contributed by atoms with Crippen LogP contribution < -0.4 is 0 Å². The van der Waals surface area contributed by atoms with E-state index < -0.39 is 0 Å². The van der Waals surface area contributed by atoms with Crippen molar-refractivity contribution in [3.05, 3.63) is 0 Å². The van der Waals surface area contributed by atoms with E-state index in [1.807, 2.05) is 0 Å². The van der Waals surface area contributed by atoms with E-state index in [0.29, 0.717) is 12.8 Å². The molecule has 0 radical (unpaired) electrons. The van der Waals surface area contributed by atoms with Crippen molar-refractivity contribution in [1.29, 1.82) is 0 Å². The summed E-state index contributed by atoms with van der Waals surface area (Å²) in [6.07, 6.45) is 2.58. The Labute approximate surface area is 58.2 Å². The molecule has 0 aromatic carbocycles. The zero-order chi connectivity index (χ0) is 8.24. The van der Waals surface area contributed by atoms with E-state index in [4.69, 9.17) is 9.59 Å². The number of hydrogen-bond donors (Lipinski definition) is 0. The molecule has 0 saturated heterocycles. The molecule has 0 aromatic rings. The summed E-state index contributed by atoms with van der Waals surface area (Å²) in [6.45, 7) is 0. The van der Waals surface area contributed by atoms with Gasteiger partial charge in [-0.15, -0.1) is 0 Å². The van der Waals surface area contributed by atoms with Gasteiger partial charge in [0, 0.05) is 12.8 Å². The van der Waals surface area contributed by atoms with E-state index >= 15 is 0 Å². The predicted octanol–water partition coefficient (Wildman–Crippen LogP) is -0.451. The van der Waals surface area contributed by atoms with Crippen molar-refractivity contribution < 1.29 is 19.2 Å². The van der Waals surface area contributed by atoms with E-state index in [1.54, 1.807) is 0 Å². The van der Waals surface area contributed by atoms with E-state index in [2.05, 4.69) is 0 Å². The minimum atomic E-state index is 0.194. The zero-order valence-corrected chi connectivity index (χ0v) is 5.36. The summed E-state index contributed by atoms with van der Waals surface area (Å²) in [5.41, 5.74) is 0. The van der Waals surface area contributed by atoms with Crippen LogP contribution in [-0.2, 0) is 19.2 Å². The minimum absolute atomic E-state index is 0.194. The first-order valence-electron chi connectivity index (χ1n) is 2.59. The summed E-state index contributed by atoms with van der Waals surface area (Å²) in [6, 6.07) is 0. The predicted molar refractivity (Wildman–Crippen MR) is 33.5 cm³/mol. The monoisotopic (exact) mass is 144 g/mol. The van der Waals surface area contributed by atoms with Crippen LogP contribution in [0.1, 0.15) is 12.8 Å². The molecule has 0 spiro atoms. The maximum atomic E-state index is 9.40.